The van der Waals surface area contributed by atoms with Crippen LogP contribution in [0.5, 0.6) is 0 Å². The van der Waals surface area contributed by atoms with Gasteiger partial charge < -0.3 is 4.57 Å². The summed E-state index contributed by atoms with van der Waals surface area (Å²) < 4.78 is 243. The molecule has 7 aromatic carbocycles. The van der Waals surface area contributed by atoms with Crippen LogP contribution in [0, 0.1) is 6.92 Å². The molecule has 0 N–H and O–H groups in total. The molecule has 0 atom stereocenters. The first-order chi connectivity index (χ1) is 35.5. The van der Waals surface area contributed by atoms with Crippen molar-refractivity contribution in [2.45, 2.75) is 6.92 Å². The molecule has 49 heavy (non-hydrogen) atoms. The molecule has 3 aromatic heterocycles. The van der Waals surface area contributed by atoms with E-state index in [1.807, 2.05) is 0 Å². The lowest BCUT2D eigenvalue weighted by atomic mass is 10.0. The van der Waals surface area contributed by atoms with E-state index in [1.54, 1.807) is 0 Å². The molecule has 0 aliphatic carbocycles. The van der Waals surface area contributed by atoms with Crippen molar-refractivity contribution >= 4 is 54.5 Å². The molecule has 0 radical (unpaired) electrons. The van der Waals surface area contributed by atoms with Crippen LogP contribution in [0.1, 0.15) is 42.6 Å². The topological polar surface area (TPSA) is 35.6 Å². The predicted molar refractivity (Wildman–Crippen MR) is 204 cm³/mol. The fourth-order valence-corrected chi connectivity index (χ4v) is 5.73. The maximum Gasteiger partial charge on any atom is 0.235 e. The van der Waals surface area contributed by atoms with E-state index in [0.717, 1.165) is 9.13 Å². The molecule has 10 aromatic rings. The van der Waals surface area contributed by atoms with E-state index < -0.39 is 252 Å². The Hall–Kier alpha value is -6.52. The van der Waals surface area contributed by atoms with Gasteiger partial charge in [-0.3, -0.25) is 4.57 Å². The van der Waals surface area contributed by atoms with Gasteiger partial charge in [-0.2, -0.15) is 0 Å². The molecule has 10 rings (SSSR count). The Morgan fingerprint density at radius 1 is 0.429 bits per heavy atom. The Balaban J connectivity index is 1.42. The maximum absolute atomic E-state index is 9.89. The molecule has 0 bridgehead atoms. The molecule has 0 aliphatic heterocycles. The summed E-state index contributed by atoms with van der Waals surface area (Å²) in [6.45, 7) is 1.32. The van der Waals surface area contributed by atoms with Crippen molar-refractivity contribution in [1.29, 1.82) is 0 Å². The maximum atomic E-state index is 9.89. The highest BCUT2D eigenvalue weighted by atomic mass is 15.2. The predicted octanol–water partition coefficient (Wildman–Crippen LogP) is 11.5. The first-order valence-electron chi connectivity index (χ1n) is 28.0. The third kappa shape index (κ3) is 4.31. The van der Waals surface area contributed by atoms with Crippen LogP contribution in [0.15, 0.2) is 163 Å². The van der Waals surface area contributed by atoms with Crippen LogP contribution in [0.3, 0.4) is 0 Å². The summed E-state index contributed by atoms with van der Waals surface area (Å²) in [5.74, 6) is -0.740. The number of benzene rings is 7. The lowest BCUT2D eigenvalue weighted by Crippen LogP contribution is -2.03. The zero-order valence-electron chi connectivity index (χ0n) is 51.8. The van der Waals surface area contributed by atoms with Gasteiger partial charge in [0.25, 0.3) is 0 Å². The van der Waals surface area contributed by atoms with Gasteiger partial charge in [-0.25, -0.2) is 9.97 Å². The van der Waals surface area contributed by atoms with Gasteiger partial charge in [0.1, 0.15) is 0 Å². The van der Waals surface area contributed by atoms with Crippen molar-refractivity contribution in [3.05, 3.63) is 169 Å². The molecule has 4 nitrogen and oxygen atoms in total. The number of hydrogen-bond donors (Lipinski definition) is 0. The van der Waals surface area contributed by atoms with Crippen LogP contribution >= 0.6 is 0 Å². The van der Waals surface area contributed by atoms with Crippen LogP contribution in [-0.2, 0) is 0 Å². The van der Waals surface area contributed by atoms with Gasteiger partial charge in [0, 0.05) is 38.2 Å². The Morgan fingerprint density at radius 3 is 1.65 bits per heavy atom. The van der Waals surface area contributed by atoms with Gasteiger partial charge in [0.2, 0.25) is 5.95 Å². The van der Waals surface area contributed by atoms with E-state index >= 15 is 0 Å². The third-order valence-electron chi connectivity index (χ3n) is 7.79. The second-order valence-electron chi connectivity index (χ2n) is 10.6. The average Bonchev–Trinajstić information content (AvgIpc) is 4.00. The molecule has 0 fully saturated rings. The van der Waals surface area contributed by atoms with Crippen LogP contribution in [0.4, 0.5) is 0 Å². The summed E-state index contributed by atoms with van der Waals surface area (Å²) in [6.07, 6.45) is 0. The largest absolute Gasteiger partial charge is 0.309 e. The SMILES string of the molecule is [2H]c1c([2H])c([2H])c(-c2nc(-n3c4c([2H])c([2H])c([2H])c([2H])c4c4c([2H])c(-c5c([2H])c([2H])c6c(c5[2H])c5c([2H])c([2H])c([2H])c([2H])c5n6-c5c([2H])c([2H])c([2H])c([2H])c5[2H])c([2H])c([2H])c43)nc3c([2H])c(C)c([2H])c([2H])c23)c([2H])c1[2H]. The quantitative estimate of drug-likeness (QED) is 0.189. The molecule has 0 unspecified atom stereocenters. The first kappa shape index (κ1) is 11.9. The molecular weight excluding hydrogens is 597 g/mol. The summed E-state index contributed by atoms with van der Waals surface area (Å²) in [6, 6.07) is -22.9. The summed E-state index contributed by atoms with van der Waals surface area (Å²) in [7, 11) is 0. The van der Waals surface area contributed by atoms with Gasteiger partial charge in [0.05, 0.1) is 70.3 Å². The van der Waals surface area contributed by atoms with Crippen LogP contribution < -0.4 is 0 Å². The highest BCUT2D eigenvalue weighted by Gasteiger charge is 2.19. The second-order valence-corrected chi connectivity index (χ2v) is 10.6. The number of fused-ring (bicyclic) bond motifs is 7. The number of aromatic nitrogens is 4. The fraction of sp³-hybridized carbons (Fsp3) is 0.0222. The van der Waals surface area contributed by atoms with Gasteiger partial charge in [-0.15, -0.1) is 0 Å². The highest BCUT2D eigenvalue weighted by Crippen LogP contribution is 2.38. The van der Waals surface area contributed by atoms with Crippen molar-refractivity contribution in [2.24, 2.45) is 0 Å². The van der Waals surface area contributed by atoms with Crippen LogP contribution in [0.2, 0.25) is 0 Å². The zero-order chi connectivity index (χ0) is 56.0. The number of nitrogens with zero attached hydrogens (tertiary/aromatic N) is 4. The third-order valence-corrected chi connectivity index (χ3v) is 7.79. The van der Waals surface area contributed by atoms with E-state index in [-0.39, 0.29) is 5.56 Å². The smallest absolute Gasteiger partial charge is 0.235 e. The highest BCUT2D eigenvalue weighted by molar-refractivity contribution is 6.12. The fourth-order valence-electron chi connectivity index (χ4n) is 5.73. The molecule has 0 aliphatic rings. The Morgan fingerprint density at radius 2 is 0.980 bits per heavy atom. The van der Waals surface area contributed by atoms with E-state index in [0.29, 0.717) is 0 Å². The normalized spacial score (nSPS) is 19.5. The summed E-state index contributed by atoms with van der Waals surface area (Å²) in [5, 5.41) is -2.67. The van der Waals surface area contributed by atoms with Gasteiger partial charge >= 0.3 is 0 Å². The first-order valence-corrected chi connectivity index (χ1v) is 14.5. The Bertz CT molecular complexity index is 4390. The number of hydrogen-bond acceptors (Lipinski definition) is 2. The second kappa shape index (κ2) is 10.8. The van der Waals surface area contributed by atoms with Gasteiger partial charge in [-0.1, -0.05) is 109 Å². The molecule has 230 valence electrons. The minimum Gasteiger partial charge on any atom is -0.309 e. The van der Waals surface area contributed by atoms with Gasteiger partial charge in [0.15, 0.2) is 0 Å². The zero-order valence-corrected chi connectivity index (χ0v) is 24.8. The van der Waals surface area contributed by atoms with Crippen molar-refractivity contribution in [1.82, 2.24) is 19.1 Å². The van der Waals surface area contributed by atoms with Crippen LogP contribution in [0.25, 0.3) is 88.5 Å². The van der Waals surface area contributed by atoms with E-state index in [4.69, 9.17) is 26.0 Å². The van der Waals surface area contributed by atoms with E-state index in [1.165, 1.54) is 6.92 Å². The van der Waals surface area contributed by atoms with Crippen molar-refractivity contribution in [2.75, 3.05) is 0 Å². The lowest BCUT2D eigenvalue weighted by Gasteiger charge is -2.12. The van der Waals surface area contributed by atoms with Crippen molar-refractivity contribution < 1.29 is 37.0 Å². The molecule has 0 amide bonds. The lowest BCUT2D eigenvalue weighted by molar-refractivity contribution is 1.01. The monoisotopic (exact) mass is 653 g/mol. The van der Waals surface area contributed by atoms with E-state index in [2.05, 4.69) is 9.97 Å². The molecule has 4 heteroatoms. The summed E-state index contributed by atoms with van der Waals surface area (Å²) in [5.41, 5.74) is -6.50. The molecular formula is C45H30N4. The minimum absolute atomic E-state index is 0.110. The Labute approximate surface area is 321 Å². The average molecular weight is 654 g/mol. The minimum atomic E-state index is -1.01. The molecule has 0 saturated heterocycles. The number of para-hydroxylation sites is 3. The molecule has 3 heterocycles. The Kier molecular flexibility index (Phi) is 2.61. The summed E-state index contributed by atoms with van der Waals surface area (Å²) in [4.78, 5) is 9.06. The van der Waals surface area contributed by atoms with Crippen molar-refractivity contribution in [3.63, 3.8) is 0 Å². The summed E-state index contributed by atoms with van der Waals surface area (Å²) >= 11 is 0. The van der Waals surface area contributed by atoms with E-state index in [9.17, 15) is 11.0 Å². The van der Waals surface area contributed by atoms with Crippen molar-refractivity contribution in [3.8, 4) is 34.0 Å². The van der Waals surface area contributed by atoms with Gasteiger partial charge in [-0.05, 0) is 78.0 Å². The standard InChI is InChI=1S/C45H30N4/c1-29-20-23-36-39(26-29)46-45(47-44(36)30-12-4-2-5-13-30)49-41-19-11-9-17-35(41)38-28-32(22-25-43(38)49)31-21-24-42-37(27-31)34-16-8-10-18-40(34)48(42)33-14-6-3-7-15-33/h2-28H,1H3/i2D,3D,4D,5D,6D,7D,8D,9D,10D,11D,12D,13D,14D,15D,16D,17D,18D,19D,20D,21D,22D,23D,24D,25D,26D,27D,28D. The molecule has 0 saturated carbocycles. The van der Waals surface area contributed by atoms with Crippen LogP contribution in [-0.4, -0.2) is 19.1 Å². The number of rotatable bonds is 4. The molecule has 0 spiro atoms.